The van der Waals surface area contributed by atoms with Gasteiger partial charge in [0.1, 0.15) is 0 Å². The predicted octanol–water partition coefficient (Wildman–Crippen LogP) is 2.42. The molecule has 2 aromatic rings. The fourth-order valence-corrected chi connectivity index (χ4v) is 3.60. The average molecular weight is 345 g/mol. The van der Waals surface area contributed by atoms with Gasteiger partial charge in [0.05, 0.1) is 11.6 Å². The minimum Gasteiger partial charge on any atom is -0.388 e. The minimum atomic E-state index is -0.872. The van der Waals surface area contributed by atoms with Gasteiger partial charge in [0.25, 0.3) is 0 Å². The molecule has 2 aromatic heterocycles. The molecule has 7 nitrogen and oxygen atoms in total. The van der Waals surface area contributed by atoms with Crippen LogP contribution in [0.2, 0.25) is 0 Å². The molecule has 2 amide bonds. The van der Waals surface area contributed by atoms with Gasteiger partial charge in [-0.2, -0.15) is 0 Å². The van der Waals surface area contributed by atoms with Gasteiger partial charge in [-0.15, -0.1) is 10.2 Å². The maximum atomic E-state index is 12.2. The van der Waals surface area contributed by atoms with Crippen LogP contribution in [0.15, 0.2) is 24.4 Å². The molecule has 2 heterocycles. The smallest absolute Gasteiger partial charge is 0.315 e. The summed E-state index contributed by atoms with van der Waals surface area (Å²) in [7, 11) is 0. The van der Waals surface area contributed by atoms with Crippen molar-refractivity contribution in [2.45, 2.75) is 57.6 Å². The van der Waals surface area contributed by atoms with Gasteiger partial charge in [0.15, 0.2) is 11.5 Å². The molecule has 3 rings (SSSR count). The first-order valence-corrected chi connectivity index (χ1v) is 9.04. The van der Waals surface area contributed by atoms with Crippen molar-refractivity contribution >= 4 is 11.7 Å². The van der Waals surface area contributed by atoms with Crippen LogP contribution >= 0.6 is 0 Å². The summed E-state index contributed by atoms with van der Waals surface area (Å²) in [6.45, 7) is 3.93. The number of carbonyl (C=O) groups excluding carboxylic acids is 1. The van der Waals surface area contributed by atoms with E-state index in [0.29, 0.717) is 5.82 Å². The van der Waals surface area contributed by atoms with Crippen molar-refractivity contribution in [1.29, 1.82) is 0 Å². The molecule has 0 saturated heterocycles. The van der Waals surface area contributed by atoms with Crippen LogP contribution in [-0.2, 0) is 0 Å². The number of hydrogen-bond acceptors (Lipinski definition) is 4. The van der Waals surface area contributed by atoms with Gasteiger partial charge in [-0.25, -0.2) is 4.79 Å². The highest BCUT2D eigenvalue weighted by atomic mass is 16.3. The van der Waals surface area contributed by atoms with Gasteiger partial charge in [-0.05, 0) is 44.7 Å². The van der Waals surface area contributed by atoms with Crippen molar-refractivity contribution in [2.75, 3.05) is 6.54 Å². The van der Waals surface area contributed by atoms with Crippen LogP contribution in [0.3, 0.4) is 0 Å². The standard InChI is InChI=1S/C18H27N5O2/c1-13(16-22-21-15-10-6-7-11-23(15)16)20-17(24)19-12-18(2,25)14-8-4-3-5-9-14/h6-7,10-11,13-14,25H,3-5,8-9,12H2,1-2H3,(H2,19,20,24). The van der Waals surface area contributed by atoms with Crippen LogP contribution in [0, 0.1) is 5.92 Å². The number of amides is 2. The highest BCUT2D eigenvalue weighted by Crippen LogP contribution is 2.32. The SMILES string of the molecule is CC(NC(=O)NCC(C)(O)C1CCCCC1)c1nnc2ccccn12. The number of aliphatic hydroxyl groups is 1. The van der Waals surface area contributed by atoms with Crippen LogP contribution in [0.1, 0.15) is 57.8 Å². The molecule has 7 heteroatoms. The lowest BCUT2D eigenvalue weighted by atomic mass is 9.78. The Bertz CT molecular complexity index is 721. The largest absolute Gasteiger partial charge is 0.388 e. The number of urea groups is 1. The molecule has 1 fully saturated rings. The summed E-state index contributed by atoms with van der Waals surface area (Å²) in [6.07, 6.45) is 7.48. The van der Waals surface area contributed by atoms with E-state index >= 15 is 0 Å². The third-order valence-electron chi connectivity index (χ3n) is 5.17. The number of hydrogen-bond donors (Lipinski definition) is 3. The summed E-state index contributed by atoms with van der Waals surface area (Å²) < 4.78 is 1.85. The van der Waals surface area contributed by atoms with E-state index in [1.54, 1.807) is 0 Å². The van der Waals surface area contributed by atoms with Crippen molar-refractivity contribution in [1.82, 2.24) is 25.2 Å². The monoisotopic (exact) mass is 345 g/mol. The van der Waals surface area contributed by atoms with E-state index < -0.39 is 5.60 Å². The number of nitrogens with zero attached hydrogens (tertiary/aromatic N) is 3. The minimum absolute atomic E-state index is 0.247. The summed E-state index contributed by atoms with van der Waals surface area (Å²) in [6, 6.07) is 5.05. The van der Waals surface area contributed by atoms with E-state index in [1.165, 1.54) is 6.42 Å². The van der Waals surface area contributed by atoms with E-state index in [4.69, 9.17) is 0 Å². The van der Waals surface area contributed by atoms with Crippen LogP contribution < -0.4 is 10.6 Å². The fourth-order valence-electron chi connectivity index (χ4n) is 3.60. The third-order valence-corrected chi connectivity index (χ3v) is 5.17. The summed E-state index contributed by atoms with van der Waals surface area (Å²) in [5.74, 6) is 0.921. The maximum absolute atomic E-state index is 12.2. The third kappa shape index (κ3) is 4.10. The van der Waals surface area contributed by atoms with E-state index in [9.17, 15) is 9.90 Å². The lowest BCUT2D eigenvalue weighted by Crippen LogP contribution is -2.49. The molecule has 2 atom stereocenters. The molecular formula is C18H27N5O2. The molecule has 2 unspecified atom stereocenters. The summed E-state index contributed by atoms with van der Waals surface area (Å²) in [5.41, 5.74) is -0.130. The quantitative estimate of drug-likeness (QED) is 0.776. The Morgan fingerprint density at radius 1 is 1.36 bits per heavy atom. The second-order valence-corrected chi connectivity index (χ2v) is 7.23. The van der Waals surface area contributed by atoms with Gasteiger partial charge in [-0.3, -0.25) is 4.40 Å². The van der Waals surface area contributed by atoms with Gasteiger partial charge >= 0.3 is 6.03 Å². The van der Waals surface area contributed by atoms with Gasteiger partial charge in [0.2, 0.25) is 0 Å². The Kier molecular flexibility index (Phi) is 5.22. The molecule has 3 N–H and O–H groups in total. The molecule has 25 heavy (non-hydrogen) atoms. The fraction of sp³-hybridized carbons (Fsp3) is 0.611. The summed E-state index contributed by atoms with van der Waals surface area (Å²) >= 11 is 0. The zero-order chi connectivity index (χ0) is 17.9. The van der Waals surface area contributed by atoms with Crippen molar-refractivity contribution in [2.24, 2.45) is 5.92 Å². The van der Waals surface area contributed by atoms with Crippen LogP contribution in [0.25, 0.3) is 5.65 Å². The maximum Gasteiger partial charge on any atom is 0.315 e. The average Bonchev–Trinajstić information content (AvgIpc) is 3.05. The number of carbonyl (C=O) groups is 1. The first kappa shape index (κ1) is 17.7. The van der Waals surface area contributed by atoms with Crippen molar-refractivity contribution in [3.05, 3.63) is 30.2 Å². The van der Waals surface area contributed by atoms with E-state index in [0.717, 1.165) is 31.3 Å². The molecule has 0 aliphatic heterocycles. The topological polar surface area (TPSA) is 91.5 Å². The summed E-state index contributed by atoms with van der Waals surface area (Å²) in [5, 5.41) is 24.6. The van der Waals surface area contributed by atoms with Gasteiger partial charge in [0, 0.05) is 12.7 Å². The predicted molar refractivity (Wildman–Crippen MR) is 95.1 cm³/mol. The number of fused-ring (bicyclic) bond motifs is 1. The molecule has 0 bridgehead atoms. The molecule has 1 aliphatic rings. The lowest BCUT2D eigenvalue weighted by Gasteiger charge is -2.35. The van der Waals surface area contributed by atoms with E-state index in [-0.39, 0.29) is 24.5 Å². The first-order chi connectivity index (χ1) is 12.0. The number of aromatic nitrogens is 3. The number of nitrogens with one attached hydrogen (secondary N) is 2. The zero-order valence-corrected chi connectivity index (χ0v) is 14.9. The van der Waals surface area contributed by atoms with E-state index in [2.05, 4.69) is 20.8 Å². The Balaban J connectivity index is 1.55. The Morgan fingerprint density at radius 3 is 2.88 bits per heavy atom. The summed E-state index contributed by atoms with van der Waals surface area (Å²) in [4.78, 5) is 12.2. The van der Waals surface area contributed by atoms with Crippen molar-refractivity contribution < 1.29 is 9.90 Å². The molecule has 1 aliphatic carbocycles. The Hall–Kier alpha value is -2.15. The van der Waals surface area contributed by atoms with Gasteiger partial charge in [-0.1, -0.05) is 25.3 Å². The zero-order valence-electron chi connectivity index (χ0n) is 14.9. The van der Waals surface area contributed by atoms with Crippen molar-refractivity contribution in [3.63, 3.8) is 0 Å². The number of rotatable bonds is 5. The molecule has 136 valence electrons. The second-order valence-electron chi connectivity index (χ2n) is 7.23. The highest BCUT2D eigenvalue weighted by Gasteiger charge is 2.33. The molecule has 0 aromatic carbocycles. The molecule has 0 spiro atoms. The molecule has 0 radical (unpaired) electrons. The molecular weight excluding hydrogens is 318 g/mol. The van der Waals surface area contributed by atoms with Crippen molar-refractivity contribution in [3.8, 4) is 0 Å². The Morgan fingerprint density at radius 2 is 2.12 bits per heavy atom. The van der Waals surface area contributed by atoms with Crippen LogP contribution in [-0.4, -0.2) is 37.9 Å². The van der Waals surface area contributed by atoms with Gasteiger partial charge < -0.3 is 15.7 Å². The van der Waals surface area contributed by atoms with Crippen LogP contribution in [0.4, 0.5) is 4.79 Å². The Labute approximate surface area is 147 Å². The van der Waals surface area contributed by atoms with E-state index in [1.807, 2.05) is 42.6 Å². The lowest BCUT2D eigenvalue weighted by molar-refractivity contribution is -0.0131. The normalized spacial score (nSPS) is 19.3. The molecule has 1 saturated carbocycles. The highest BCUT2D eigenvalue weighted by molar-refractivity contribution is 5.74. The first-order valence-electron chi connectivity index (χ1n) is 9.04. The second kappa shape index (κ2) is 7.39. The van der Waals surface area contributed by atoms with Crippen LogP contribution in [0.5, 0.6) is 0 Å². The number of pyridine rings is 1.